The molecule has 0 saturated carbocycles. The van der Waals surface area contributed by atoms with Crippen LogP contribution in [-0.2, 0) is 14.3 Å². The lowest BCUT2D eigenvalue weighted by molar-refractivity contribution is -0.161. The van der Waals surface area contributed by atoms with Gasteiger partial charge in [-0.2, -0.15) is 0 Å². The van der Waals surface area contributed by atoms with Crippen molar-refractivity contribution in [1.82, 2.24) is 4.90 Å². The molecule has 8 heteroatoms. The van der Waals surface area contributed by atoms with Gasteiger partial charge in [0.1, 0.15) is 5.75 Å². The second-order valence-electron chi connectivity index (χ2n) is 4.82. The Morgan fingerprint density at radius 3 is 2.91 bits per heavy atom. The minimum Gasteiger partial charge on any atom is -0.480 e. The summed E-state index contributed by atoms with van der Waals surface area (Å²) < 4.78 is 11.4. The van der Waals surface area contributed by atoms with Gasteiger partial charge >= 0.3 is 5.97 Å². The summed E-state index contributed by atoms with van der Waals surface area (Å²) >= 11 is 9.17. The first-order valence-electron chi connectivity index (χ1n) is 6.63. The Balaban J connectivity index is 2.01. The van der Waals surface area contributed by atoms with E-state index in [0.717, 1.165) is 0 Å². The lowest BCUT2D eigenvalue weighted by Gasteiger charge is -2.32. The van der Waals surface area contributed by atoms with Crippen molar-refractivity contribution in [1.29, 1.82) is 0 Å². The molecule has 1 N–H and O–H groups in total. The van der Waals surface area contributed by atoms with Crippen LogP contribution in [0, 0.1) is 0 Å². The molecule has 2 rings (SSSR count). The highest BCUT2D eigenvalue weighted by molar-refractivity contribution is 9.10. The van der Waals surface area contributed by atoms with E-state index in [1.165, 1.54) is 4.90 Å². The predicted molar refractivity (Wildman–Crippen MR) is 83.2 cm³/mol. The van der Waals surface area contributed by atoms with E-state index in [1.54, 1.807) is 25.1 Å². The van der Waals surface area contributed by atoms with Crippen molar-refractivity contribution in [2.24, 2.45) is 0 Å². The molecule has 1 aliphatic rings. The molecule has 0 spiro atoms. The number of benzene rings is 1. The number of hydrogen-bond acceptors (Lipinski definition) is 4. The maximum absolute atomic E-state index is 12.4. The summed E-state index contributed by atoms with van der Waals surface area (Å²) in [6, 6.07) is 4.99. The smallest absolute Gasteiger partial charge is 0.334 e. The average Bonchev–Trinajstić information content (AvgIpc) is 2.49. The molecule has 6 nitrogen and oxygen atoms in total. The first kappa shape index (κ1) is 17.1. The quantitative estimate of drug-likeness (QED) is 0.850. The lowest BCUT2D eigenvalue weighted by Crippen LogP contribution is -2.51. The lowest BCUT2D eigenvalue weighted by atomic mass is 10.2. The number of carbonyl (C=O) groups is 2. The highest BCUT2D eigenvalue weighted by Crippen LogP contribution is 2.29. The summed E-state index contributed by atoms with van der Waals surface area (Å²) in [5.41, 5.74) is 0. The van der Waals surface area contributed by atoms with Crippen molar-refractivity contribution >= 4 is 39.4 Å². The van der Waals surface area contributed by atoms with Gasteiger partial charge < -0.3 is 19.5 Å². The van der Waals surface area contributed by atoms with E-state index in [0.29, 0.717) is 21.8 Å². The molecule has 1 amide bonds. The Morgan fingerprint density at radius 2 is 2.27 bits per heavy atom. The molecular formula is C14H15BrClNO5. The molecule has 1 aromatic rings. The van der Waals surface area contributed by atoms with Crippen molar-refractivity contribution in [2.75, 3.05) is 19.7 Å². The van der Waals surface area contributed by atoms with E-state index in [9.17, 15) is 9.59 Å². The minimum absolute atomic E-state index is 0.0175. The Hall–Kier alpha value is -1.31. The zero-order valence-corrected chi connectivity index (χ0v) is 14.1. The van der Waals surface area contributed by atoms with Crippen molar-refractivity contribution in [3.63, 3.8) is 0 Å². The summed E-state index contributed by atoms with van der Waals surface area (Å²) in [4.78, 5) is 24.7. The maximum Gasteiger partial charge on any atom is 0.334 e. The first-order valence-corrected chi connectivity index (χ1v) is 7.80. The van der Waals surface area contributed by atoms with Gasteiger partial charge in [-0.25, -0.2) is 4.79 Å². The summed E-state index contributed by atoms with van der Waals surface area (Å²) in [6.45, 7) is 2.18. The molecule has 1 heterocycles. The second-order valence-corrected chi connectivity index (χ2v) is 6.11. The van der Waals surface area contributed by atoms with Crippen LogP contribution in [0.2, 0.25) is 5.02 Å². The zero-order chi connectivity index (χ0) is 16.3. The number of hydrogen-bond donors (Lipinski definition) is 1. The molecular weight excluding hydrogens is 378 g/mol. The van der Waals surface area contributed by atoms with E-state index in [4.69, 9.17) is 26.2 Å². The third-order valence-corrected chi connectivity index (χ3v) is 4.05. The number of carboxylic acid groups (broad SMARTS) is 1. The molecule has 1 aromatic carbocycles. The standard InChI is InChI=1S/C14H15BrClNO5/c1-8(22-11-3-2-9(16)6-10(11)15)13(18)17-4-5-21-12(7-17)14(19)20/h2-3,6,8,12H,4-5,7H2,1H3,(H,19,20)/t8-,12+/m1/s1. The van der Waals surface area contributed by atoms with Gasteiger partial charge in [0.05, 0.1) is 17.6 Å². The number of nitrogens with zero attached hydrogens (tertiary/aromatic N) is 1. The number of carbonyl (C=O) groups excluding carboxylic acids is 1. The molecule has 22 heavy (non-hydrogen) atoms. The number of aliphatic carboxylic acids is 1. The van der Waals surface area contributed by atoms with Gasteiger partial charge in [0, 0.05) is 11.6 Å². The van der Waals surface area contributed by atoms with Gasteiger partial charge in [-0.1, -0.05) is 11.6 Å². The molecule has 120 valence electrons. The molecule has 0 unspecified atom stereocenters. The van der Waals surface area contributed by atoms with Gasteiger partial charge in [-0.15, -0.1) is 0 Å². The first-order chi connectivity index (χ1) is 10.4. The van der Waals surface area contributed by atoms with Crippen LogP contribution in [0.4, 0.5) is 0 Å². The van der Waals surface area contributed by atoms with Gasteiger partial charge in [0.15, 0.2) is 12.2 Å². The summed E-state index contributed by atoms with van der Waals surface area (Å²) in [7, 11) is 0. The van der Waals surface area contributed by atoms with Crippen LogP contribution in [0.15, 0.2) is 22.7 Å². The van der Waals surface area contributed by atoms with E-state index < -0.39 is 18.2 Å². The number of ether oxygens (including phenoxy) is 2. The van der Waals surface area contributed by atoms with Crippen LogP contribution in [-0.4, -0.2) is 53.8 Å². The Labute approximate surface area is 141 Å². The Bertz CT molecular complexity index is 582. The van der Waals surface area contributed by atoms with Crippen LogP contribution < -0.4 is 4.74 Å². The number of amides is 1. The molecule has 1 aliphatic heterocycles. The van der Waals surface area contributed by atoms with Crippen LogP contribution in [0.5, 0.6) is 5.75 Å². The van der Waals surface area contributed by atoms with Crippen LogP contribution >= 0.6 is 27.5 Å². The fraction of sp³-hybridized carbons (Fsp3) is 0.429. The topological polar surface area (TPSA) is 76.1 Å². The fourth-order valence-corrected chi connectivity index (χ4v) is 2.84. The van der Waals surface area contributed by atoms with E-state index >= 15 is 0 Å². The zero-order valence-electron chi connectivity index (χ0n) is 11.8. The van der Waals surface area contributed by atoms with Crippen LogP contribution in [0.1, 0.15) is 6.92 Å². The third kappa shape index (κ3) is 4.12. The second kappa shape index (κ2) is 7.30. The molecule has 0 aliphatic carbocycles. The van der Waals surface area contributed by atoms with Gasteiger partial charge in [-0.3, -0.25) is 4.79 Å². The Kier molecular flexibility index (Phi) is 5.66. The summed E-state index contributed by atoms with van der Waals surface area (Å²) in [5, 5.41) is 9.51. The normalized spacial score (nSPS) is 19.6. The van der Waals surface area contributed by atoms with Crippen LogP contribution in [0.3, 0.4) is 0 Å². The van der Waals surface area contributed by atoms with Gasteiger partial charge in [-0.05, 0) is 41.1 Å². The number of morpholine rings is 1. The van der Waals surface area contributed by atoms with E-state index in [1.807, 2.05) is 0 Å². The number of halogens is 2. The van der Waals surface area contributed by atoms with Gasteiger partial charge in [0.2, 0.25) is 0 Å². The predicted octanol–water partition coefficient (Wildman–Crippen LogP) is 2.18. The van der Waals surface area contributed by atoms with E-state index in [2.05, 4.69) is 15.9 Å². The number of rotatable bonds is 4. The van der Waals surface area contributed by atoms with Crippen LogP contribution in [0.25, 0.3) is 0 Å². The monoisotopic (exact) mass is 391 g/mol. The molecule has 1 saturated heterocycles. The molecule has 0 radical (unpaired) electrons. The van der Waals surface area contributed by atoms with Crippen molar-refractivity contribution in [3.8, 4) is 5.75 Å². The van der Waals surface area contributed by atoms with Crippen molar-refractivity contribution in [3.05, 3.63) is 27.7 Å². The largest absolute Gasteiger partial charge is 0.480 e. The van der Waals surface area contributed by atoms with E-state index in [-0.39, 0.29) is 19.1 Å². The molecule has 1 fully saturated rings. The summed E-state index contributed by atoms with van der Waals surface area (Å²) in [6.07, 6.45) is -1.74. The number of carboxylic acids is 1. The Morgan fingerprint density at radius 1 is 1.55 bits per heavy atom. The minimum atomic E-state index is -1.08. The third-order valence-electron chi connectivity index (χ3n) is 3.20. The van der Waals surface area contributed by atoms with Crippen molar-refractivity contribution in [2.45, 2.75) is 19.1 Å². The average molecular weight is 393 g/mol. The molecule has 0 bridgehead atoms. The highest BCUT2D eigenvalue weighted by Gasteiger charge is 2.31. The SMILES string of the molecule is C[C@@H](Oc1ccc(Cl)cc1Br)C(=O)N1CCO[C@H](C(=O)O)C1. The highest BCUT2D eigenvalue weighted by atomic mass is 79.9. The molecule has 2 atom stereocenters. The summed E-state index contributed by atoms with van der Waals surface area (Å²) in [5.74, 6) is -0.865. The van der Waals surface area contributed by atoms with Crippen molar-refractivity contribution < 1.29 is 24.2 Å². The molecule has 0 aromatic heterocycles. The fourth-order valence-electron chi connectivity index (χ4n) is 2.07. The van der Waals surface area contributed by atoms with Gasteiger partial charge in [0.25, 0.3) is 5.91 Å². The maximum atomic E-state index is 12.4.